The largest absolute Gasteiger partial charge is 0.462 e. The van der Waals surface area contributed by atoms with Crippen molar-refractivity contribution < 1.29 is 14.3 Å². The van der Waals surface area contributed by atoms with Crippen molar-refractivity contribution in [3.8, 4) is 10.4 Å². The molecule has 0 aromatic carbocycles. The van der Waals surface area contributed by atoms with E-state index >= 15 is 0 Å². The van der Waals surface area contributed by atoms with Crippen LogP contribution in [0.5, 0.6) is 0 Å². The lowest BCUT2D eigenvalue weighted by atomic mass is 10.1. The molecule has 0 bridgehead atoms. The number of thioether (sulfide) groups is 1. The molecule has 3 aromatic heterocycles. The Labute approximate surface area is 184 Å². The monoisotopic (exact) mass is 468 g/mol. The van der Waals surface area contributed by atoms with Gasteiger partial charge in [-0.15, -0.1) is 32.9 Å². The fourth-order valence-corrected chi connectivity index (χ4v) is 5.82. The highest BCUT2D eigenvalue weighted by Gasteiger charge is 2.23. The summed E-state index contributed by atoms with van der Waals surface area (Å²) >= 11 is 5.57. The van der Waals surface area contributed by atoms with Crippen molar-refractivity contribution in [1.29, 1.82) is 0 Å². The van der Waals surface area contributed by atoms with Crippen LogP contribution in [0.15, 0.2) is 27.2 Å². The second-order valence-corrected chi connectivity index (χ2v) is 10.1. The minimum atomic E-state index is -0.436. The van der Waals surface area contributed by atoms with Crippen molar-refractivity contribution in [3.63, 3.8) is 0 Å². The van der Waals surface area contributed by atoms with Crippen molar-refractivity contribution in [1.82, 2.24) is 10.2 Å². The van der Waals surface area contributed by atoms with E-state index < -0.39 is 5.97 Å². The standard InChI is InChI=1S/C18H20N4O3S4/c1-4-25-16(24)14-11(12-6-5-7-26-12)8-27-15(14)20-13(23)9-28-18-22-21-17(29-18)19-10(2)3/h5-8,10H,4,9H2,1-3H3,(H,19,21)(H,20,23). The second kappa shape index (κ2) is 10.2. The van der Waals surface area contributed by atoms with E-state index in [4.69, 9.17) is 4.74 Å². The summed E-state index contributed by atoms with van der Waals surface area (Å²) in [6, 6.07) is 4.13. The molecule has 0 fully saturated rings. The molecule has 0 aliphatic rings. The van der Waals surface area contributed by atoms with Gasteiger partial charge in [0.25, 0.3) is 0 Å². The van der Waals surface area contributed by atoms with Gasteiger partial charge in [-0.1, -0.05) is 29.2 Å². The van der Waals surface area contributed by atoms with Crippen LogP contribution in [0.3, 0.4) is 0 Å². The maximum absolute atomic E-state index is 12.5. The molecule has 0 saturated carbocycles. The summed E-state index contributed by atoms with van der Waals surface area (Å²) in [5, 5.41) is 19.2. The first-order chi connectivity index (χ1) is 14.0. The summed E-state index contributed by atoms with van der Waals surface area (Å²) < 4.78 is 5.91. The number of hydrogen-bond donors (Lipinski definition) is 2. The number of nitrogens with one attached hydrogen (secondary N) is 2. The van der Waals surface area contributed by atoms with Gasteiger partial charge in [0.15, 0.2) is 4.34 Å². The van der Waals surface area contributed by atoms with Crippen LogP contribution < -0.4 is 10.6 Å². The summed E-state index contributed by atoms with van der Waals surface area (Å²) in [6.07, 6.45) is 0. The lowest BCUT2D eigenvalue weighted by Crippen LogP contribution is -2.16. The molecule has 0 saturated heterocycles. The Morgan fingerprint density at radius 2 is 2.10 bits per heavy atom. The molecule has 0 radical (unpaired) electrons. The van der Waals surface area contributed by atoms with Crippen LogP contribution >= 0.6 is 45.8 Å². The second-order valence-electron chi connectivity index (χ2n) is 6.06. The number of aromatic nitrogens is 2. The molecule has 3 aromatic rings. The number of rotatable bonds is 9. The third-order valence-corrected chi connectivity index (χ3v) is 7.24. The normalized spacial score (nSPS) is 10.9. The molecule has 1 amide bonds. The minimum absolute atomic E-state index is 0.171. The van der Waals surface area contributed by atoms with Crippen molar-refractivity contribution in [2.75, 3.05) is 23.0 Å². The first kappa shape index (κ1) is 21.8. The summed E-state index contributed by atoms with van der Waals surface area (Å²) in [7, 11) is 0. The zero-order valence-electron chi connectivity index (χ0n) is 16.1. The molecule has 0 aliphatic heterocycles. The molecule has 154 valence electrons. The summed E-state index contributed by atoms with van der Waals surface area (Å²) in [6.45, 7) is 6.07. The SMILES string of the molecule is CCOC(=O)c1c(-c2cccs2)csc1NC(=O)CSc1nnc(NC(C)C)s1. The molecule has 29 heavy (non-hydrogen) atoms. The average molecular weight is 469 g/mol. The van der Waals surface area contributed by atoms with Gasteiger partial charge in [-0.05, 0) is 32.2 Å². The highest BCUT2D eigenvalue weighted by Crippen LogP contribution is 2.38. The minimum Gasteiger partial charge on any atom is -0.462 e. The number of carbonyl (C=O) groups is 2. The number of nitrogens with zero attached hydrogens (tertiary/aromatic N) is 2. The number of carbonyl (C=O) groups excluding carboxylic acids is 2. The molecule has 3 rings (SSSR count). The first-order valence-corrected chi connectivity index (χ1v) is 12.4. The van der Waals surface area contributed by atoms with E-state index in [1.165, 1.54) is 45.8 Å². The van der Waals surface area contributed by atoms with Gasteiger partial charge in [0, 0.05) is 21.9 Å². The Morgan fingerprint density at radius 1 is 1.28 bits per heavy atom. The van der Waals surface area contributed by atoms with Crippen LogP contribution in [0.1, 0.15) is 31.1 Å². The number of esters is 1. The average Bonchev–Trinajstić information content (AvgIpc) is 3.40. The fraction of sp³-hybridized carbons (Fsp3) is 0.333. The first-order valence-electron chi connectivity index (χ1n) is 8.83. The van der Waals surface area contributed by atoms with Gasteiger partial charge in [0.05, 0.1) is 12.4 Å². The van der Waals surface area contributed by atoms with Gasteiger partial charge >= 0.3 is 5.97 Å². The molecular formula is C18H20N4O3S4. The molecular weight excluding hydrogens is 448 g/mol. The van der Waals surface area contributed by atoms with Crippen LogP contribution in [0.2, 0.25) is 0 Å². The lowest BCUT2D eigenvalue weighted by molar-refractivity contribution is -0.113. The Balaban J connectivity index is 1.68. The van der Waals surface area contributed by atoms with Gasteiger partial charge < -0.3 is 15.4 Å². The van der Waals surface area contributed by atoms with Gasteiger partial charge in [-0.2, -0.15) is 0 Å². The molecule has 3 heterocycles. The zero-order chi connectivity index (χ0) is 20.8. The van der Waals surface area contributed by atoms with Crippen molar-refractivity contribution in [2.24, 2.45) is 0 Å². The van der Waals surface area contributed by atoms with E-state index in [2.05, 4.69) is 20.8 Å². The number of anilines is 2. The number of ether oxygens (including phenoxy) is 1. The third-order valence-electron chi connectivity index (χ3n) is 3.46. The maximum atomic E-state index is 12.5. The van der Waals surface area contributed by atoms with Gasteiger partial charge in [0.2, 0.25) is 11.0 Å². The van der Waals surface area contributed by atoms with E-state index in [0.717, 1.165) is 15.6 Å². The zero-order valence-corrected chi connectivity index (χ0v) is 19.3. The predicted octanol–water partition coefficient (Wildman–Crippen LogP) is 5.06. The molecule has 0 unspecified atom stereocenters. The summed E-state index contributed by atoms with van der Waals surface area (Å²) in [5.74, 6) is -0.479. The van der Waals surface area contributed by atoms with Crippen LogP contribution in [0.4, 0.5) is 10.1 Å². The predicted molar refractivity (Wildman–Crippen MR) is 122 cm³/mol. The van der Waals surface area contributed by atoms with Crippen LogP contribution in [-0.2, 0) is 9.53 Å². The Morgan fingerprint density at radius 3 is 2.79 bits per heavy atom. The van der Waals surface area contributed by atoms with E-state index in [-0.39, 0.29) is 24.3 Å². The molecule has 2 N–H and O–H groups in total. The van der Waals surface area contributed by atoms with Crippen molar-refractivity contribution in [3.05, 3.63) is 28.5 Å². The van der Waals surface area contributed by atoms with E-state index in [9.17, 15) is 9.59 Å². The van der Waals surface area contributed by atoms with Crippen molar-refractivity contribution in [2.45, 2.75) is 31.2 Å². The summed E-state index contributed by atoms with van der Waals surface area (Å²) in [4.78, 5) is 25.9. The third kappa shape index (κ3) is 5.78. The van der Waals surface area contributed by atoms with E-state index in [1.54, 1.807) is 6.92 Å². The smallest absolute Gasteiger partial charge is 0.341 e. The van der Waals surface area contributed by atoms with Gasteiger partial charge in [-0.3, -0.25) is 4.79 Å². The molecule has 11 heteroatoms. The van der Waals surface area contributed by atoms with E-state index in [0.29, 0.717) is 14.9 Å². The molecule has 0 atom stereocenters. The molecule has 7 nitrogen and oxygen atoms in total. The fourth-order valence-electron chi connectivity index (χ4n) is 2.33. The van der Waals surface area contributed by atoms with Crippen LogP contribution in [-0.4, -0.2) is 40.5 Å². The van der Waals surface area contributed by atoms with E-state index in [1.807, 2.05) is 36.7 Å². The van der Waals surface area contributed by atoms with Crippen molar-refractivity contribution >= 4 is 67.8 Å². The number of amides is 1. The quantitative estimate of drug-likeness (QED) is 0.335. The molecule has 0 spiro atoms. The Bertz CT molecular complexity index is 966. The van der Waals surface area contributed by atoms with Crippen LogP contribution in [0, 0.1) is 0 Å². The Hall–Kier alpha value is -1.95. The number of hydrogen-bond acceptors (Lipinski definition) is 10. The topological polar surface area (TPSA) is 93.2 Å². The van der Waals surface area contributed by atoms with Crippen LogP contribution in [0.25, 0.3) is 10.4 Å². The Kier molecular flexibility index (Phi) is 7.64. The maximum Gasteiger partial charge on any atom is 0.341 e. The highest BCUT2D eigenvalue weighted by atomic mass is 32.2. The van der Waals surface area contributed by atoms with Gasteiger partial charge in [0.1, 0.15) is 10.6 Å². The number of thiophene rings is 2. The summed E-state index contributed by atoms with van der Waals surface area (Å²) in [5.41, 5.74) is 1.18. The van der Waals surface area contributed by atoms with Gasteiger partial charge in [-0.25, -0.2) is 4.79 Å². The highest BCUT2D eigenvalue weighted by molar-refractivity contribution is 8.01. The lowest BCUT2D eigenvalue weighted by Gasteiger charge is -2.07. The molecule has 0 aliphatic carbocycles.